The molecule has 0 fully saturated rings. The fourth-order valence-corrected chi connectivity index (χ4v) is 2.42. The summed E-state index contributed by atoms with van der Waals surface area (Å²) in [5.74, 6) is 0.121. The third-order valence-electron chi connectivity index (χ3n) is 3.37. The number of amides is 2. The Labute approximate surface area is 145 Å². The molecule has 6 nitrogen and oxygen atoms in total. The van der Waals surface area contributed by atoms with Crippen LogP contribution in [-0.2, 0) is 4.79 Å². The van der Waals surface area contributed by atoms with E-state index in [1.54, 1.807) is 19.2 Å². The summed E-state index contributed by atoms with van der Waals surface area (Å²) in [6, 6.07) is 10.2. The second-order valence-corrected chi connectivity index (χ2v) is 5.70. The van der Waals surface area contributed by atoms with E-state index in [0.717, 1.165) is 5.56 Å². The monoisotopic (exact) mass is 346 g/mol. The Balaban J connectivity index is 2.14. The second-order valence-electron chi connectivity index (χ2n) is 5.32. The number of benzene rings is 1. The molecule has 1 aromatic carbocycles. The number of carbonyl (C=O) groups is 2. The van der Waals surface area contributed by atoms with Crippen LogP contribution in [0.5, 0.6) is 0 Å². The summed E-state index contributed by atoms with van der Waals surface area (Å²) in [5, 5.41) is 8.73. The zero-order chi connectivity index (χ0) is 17.7. The van der Waals surface area contributed by atoms with Gasteiger partial charge in [-0.15, -0.1) is 0 Å². The maximum Gasteiger partial charge on any atom is 0.251 e. The first-order valence-corrected chi connectivity index (χ1v) is 7.80. The number of pyridine rings is 1. The molecule has 1 atom stereocenters. The molecule has 7 heteroatoms. The minimum absolute atomic E-state index is 0.144. The lowest BCUT2D eigenvalue weighted by molar-refractivity contribution is -0.114. The third-order valence-corrected chi connectivity index (χ3v) is 3.56. The highest BCUT2D eigenvalue weighted by atomic mass is 35.5. The van der Waals surface area contributed by atoms with Crippen LogP contribution in [0.15, 0.2) is 36.4 Å². The van der Waals surface area contributed by atoms with E-state index in [0.29, 0.717) is 17.1 Å². The topological polar surface area (TPSA) is 83.1 Å². The molecule has 0 unspecified atom stereocenters. The lowest BCUT2D eigenvalue weighted by Gasteiger charge is -2.16. The van der Waals surface area contributed by atoms with Gasteiger partial charge in [0.15, 0.2) is 0 Å². The summed E-state index contributed by atoms with van der Waals surface area (Å²) < 4.78 is 0. The van der Waals surface area contributed by atoms with Gasteiger partial charge in [0, 0.05) is 25.2 Å². The summed E-state index contributed by atoms with van der Waals surface area (Å²) >= 11 is 5.92. The van der Waals surface area contributed by atoms with Gasteiger partial charge in [-0.25, -0.2) is 4.98 Å². The minimum atomic E-state index is -0.256. The molecule has 0 saturated heterocycles. The van der Waals surface area contributed by atoms with Crippen LogP contribution >= 0.6 is 11.6 Å². The Bertz CT molecular complexity index is 764. The van der Waals surface area contributed by atoms with Crippen molar-refractivity contribution in [3.05, 3.63) is 52.7 Å². The van der Waals surface area contributed by atoms with Crippen LogP contribution < -0.4 is 16.0 Å². The fraction of sp³-hybridized carbons (Fsp3) is 0.235. The summed E-state index contributed by atoms with van der Waals surface area (Å²) in [6.45, 7) is 3.32. The van der Waals surface area contributed by atoms with Crippen molar-refractivity contribution in [2.75, 3.05) is 17.7 Å². The van der Waals surface area contributed by atoms with Gasteiger partial charge in [0.1, 0.15) is 11.0 Å². The van der Waals surface area contributed by atoms with Crippen LogP contribution in [0.4, 0.5) is 11.5 Å². The zero-order valence-electron chi connectivity index (χ0n) is 13.7. The van der Waals surface area contributed by atoms with Crippen LogP contribution in [0.3, 0.4) is 0 Å². The van der Waals surface area contributed by atoms with Gasteiger partial charge in [0.25, 0.3) is 5.91 Å². The number of carbonyl (C=O) groups excluding carboxylic acids is 2. The summed E-state index contributed by atoms with van der Waals surface area (Å²) in [7, 11) is 1.70. The first-order valence-electron chi connectivity index (χ1n) is 7.43. The lowest BCUT2D eigenvalue weighted by atomic mass is 10.1. The van der Waals surface area contributed by atoms with Crippen molar-refractivity contribution in [3.8, 4) is 0 Å². The van der Waals surface area contributed by atoms with E-state index in [9.17, 15) is 9.59 Å². The first-order chi connectivity index (χ1) is 11.4. The lowest BCUT2D eigenvalue weighted by Crippen LogP contribution is -2.27. The standard InChI is InChI=1S/C17H19ClN4O2/c1-10(12-5-4-6-14(7-12)21-11(2)23)20-17(24)13-8-15(18)22-16(9-13)19-3/h4-10H,1-3H3,(H,19,22)(H,20,24)(H,21,23)/t10-/m1/s1. The third kappa shape index (κ3) is 4.70. The Morgan fingerprint density at radius 2 is 1.96 bits per heavy atom. The van der Waals surface area contributed by atoms with E-state index in [2.05, 4.69) is 20.9 Å². The number of hydrogen-bond donors (Lipinski definition) is 3. The van der Waals surface area contributed by atoms with Gasteiger partial charge in [-0.2, -0.15) is 0 Å². The van der Waals surface area contributed by atoms with E-state index >= 15 is 0 Å². The highest BCUT2D eigenvalue weighted by Gasteiger charge is 2.14. The maximum atomic E-state index is 12.4. The fourth-order valence-electron chi connectivity index (χ4n) is 2.21. The number of hydrogen-bond acceptors (Lipinski definition) is 4. The Morgan fingerprint density at radius 1 is 1.21 bits per heavy atom. The molecule has 0 saturated carbocycles. The summed E-state index contributed by atoms with van der Waals surface area (Å²) in [5.41, 5.74) is 1.98. The van der Waals surface area contributed by atoms with Gasteiger partial charge in [-0.05, 0) is 36.8 Å². The largest absolute Gasteiger partial charge is 0.373 e. The van der Waals surface area contributed by atoms with Crippen LogP contribution in [0, 0.1) is 0 Å². The predicted octanol–water partition coefficient (Wildman–Crippen LogP) is 3.23. The van der Waals surface area contributed by atoms with E-state index in [4.69, 9.17) is 11.6 Å². The summed E-state index contributed by atoms with van der Waals surface area (Å²) in [4.78, 5) is 27.6. The molecule has 0 aliphatic carbocycles. The van der Waals surface area contributed by atoms with E-state index in [1.165, 1.54) is 13.0 Å². The maximum absolute atomic E-state index is 12.4. The van der Waals surface area contributed by atoms with Crippen molar-refractivity contribution in [1.29, 1.82) is 0 Å². The van der Waals surface area contributed by atoms with Gasteiger partial charge in [-0.1, -0.05) is 23.7 Å². The van der Waals surface area contributed by atoms with Crippen molar-refractivity contribution >= 4 is 34.9 Å². The molecule has 0 aliphatic rings. The van der Waals surface area contributed by atoms with Crippen molar-refractivity contribution in [2.24, 2.45) is 0 Å². The number of anilines is 2. The molecule has 126 valence electrons. The highest BCUT2D eigenvalue weighted by molar-refractivity contribution is 6.29. The number of halogens is 1. The molecular formula is C17H19ClN4O2. The van der Waals surface area contributed by atoms with Crippen LogP contribution in [-0.4, -0.2) is 23.8 Å². The molecule has 2 aromatic rings. The average Bonchev–Trinajstić information content (AvgIpc) is 2.53. The molecule has 0 spiro atoms. The van der Waals surface area contributed by atoms with Crippen LogP contribution in [0.1, 0.15) is 35.8 Å². The molecule has 24 heavy (non-hydrogen) atoms. The Morgan fingerprint density at radius 3 is 2.62 bits per heavy atom. The van der Waals surface area contributed by atoms with Gasteiger partial charge >= 0.3 is 0 Å². The van der Waals surface area contributed by atoms with Crippen LogP contribution in [0.2, 0.25) is 5.15 Å². The Hall–Kier alpha value is -2.60. The molecule has 1 heterocycles. The number of nitrogens with zero attached hydrogens (tertiary/aromatic N) is 1. The molecule has 1 aromatic heterocycles. The number of nitrogens with one attached hydrogen (secondary N) is 3. The minimum Gasteiger partial charge on any atom is -0.373 e. The SMILES string of the molecule is CNc1cc(C(=O)N[C@H](C)c2cccc(NC(C)=O)c2)cc(Cl)n1. The average molecular weight is 347 g/mol. The molecule has 2 amide bonds. The van der Waals surface area contributed by atoms with E-state index < -0.39 is 0 Å². The number of rotatable bonds is 5. The van der Waals surface area contributed by atoms with Crippen LogP contribution in [0.25, 0.3) is 0 Å². The van der Waals surface area contributed by atoms with Gasteiger partial charge in [0.05, 0.1) is 6.04 Å². The first kappa shape index (κ1) is 17.7. The van der Waals surface area contributed by atoms with E-state index in [-0.39, 0.29) is 23.0 Å². The molecule has 0 aliphatic heterocycles. The molecule has 0 radical (unpaired) electrons. The molecule has 2 rings (SSSR count). The second kappa shape index (κ2) is 7.79. The Kier molecular flexibility index (Phi) is 5.76. The number of aromatic nitrogens is 1. The zero-order valence-corrected chi connectivity index (χ0v) is 14.4. The summed E-state index contributed by atoms with van der Waals surface area (Å²) in [6.07, 6.45) is 0. The van der Waals surface area contributed by atoms with Crippen molar-refractivity contribution in [1.82, 2.24) is 10.3 Å². The normalized spacial score (nSPS) is 11.5. The quantitative estimate of drug-likeness (QED) is 0.726. The molecule has 3 N–H and O–H groups in total. The predicted molar refractivity (Wildman–Crippen MR) is 95.4 cm³/mol. The van der Waals surface area contributed by atoms with E-state index in [1.807, 2.05) is 25.1 Å². The van der Waals surface area contributed by atoms with Gasteiger partial charge in [-0.3, -0.25) is 9.59 Å². The smallest absolute Gasteiger partial charge is 0.251 e. The van der Waals surface area contributed by atoms with Crippen molar-refractivity contribution < 1.29 is 9.59 Å². The van der Waals surface area contributed by atoms with Gasteiger partial charge < -0.3 is 16.0 Å². The highest BCUT2D eigenvalue weighted by Crippen LogP contribution is 2.19. The molecular weight excluding hydrogens is 328 g/mol. The van der Waals surface area contributed by atoms with Crippen molar-refractivity contribution in [2.45, 2.75) is 19.9 Å². The molecule has 0 bridgehead atoms. The van der Waals surface area contributed by atoms with Gasteiger partial charge in [0.2, 0.25) is 5.91 Å². The van der Waals surface area contributed by atoms with Crippen molar-refractivity contribution in [3.63, 3.8) is 0 Å².